The van der Waals surface area contributed by atoms with Crippen molar-refractivity contribution in [1.82, 2.24) is 10.6 Å². The van der Waals surface area contributed by atoms with Gasteiger partial charge in [0.2, 0.25) is 0 Å². The molecule has 1 aromatic rings. The average molecular weight is 411 g/mol. The van der Waals surface area contributed by atoms with Crippen molar-refractivity contribution in [2.75, 3.05) is 0 Å². The number of carbonyl (C=O) groups is 1. The van der Waals surface area contributed by atoms with Gasteiger partial charge >= 0.3 is 0 Å². The van der Waals surface area contributed by atoms with Crippen molar-refractivity contribution >= 4 is 46.4 Å². The minimum absolute atomic E-state index is 0.268. The molecular weight excluding hydrogens is 387 g/mol. The quantitative estimate of drug-likeness (QED) is 0.672. The summed E-state index contributed by atoms with van der Waals surface area (Å²) in [4.78, 5) is 12.5. The molecule has 1 amide bonds. The fraction of sp³-hybridized carbons (Fsp3) is 0.600. The molecule has 4 aliphatic rings. The molecule has 0 aliphatic heterocycles. The maximum Gasteiger partial charge on any atom is 0.258 e. The highest BCUT2D eigenvalue weighted by Gasteiger charge is 2.53. The van der Waals surface area contributed by atoms with Gasteiger partial charge in [0.05, 0.1) is 10.6 Å². The molecule has 4 aliphatic carbocycles. The molecule has 0 heterocycles. The zero-order valence-corrected chi connectivity index (χ0v) is 17.2. The molecule has 1 unspecified atom stereocenters. The lowest BCUT2D eigenvalue weighted by atomic mass is 9.48. The number of benzene rings is 1. The fourth-order valence-corrected chi connectivity index (χ4v) is 6.70. The van der Waals surface area contributed by atoms with E-state index in [1.54, 1.807) is 18.2 Å². The Labute approximate surface area is 170 Å². The van der Waals surface area contributed by atoms with Crippen LogP contribution in [0.5, 0.6) is 0 Å². The van der Waals surface area contributed by atoms with E-state index in [9.17, 15) is 4.79 Å². The Morgan fingerprint density at radius 3 is 2.27 bits per heavy atom. The normalized spacial score (nSPS) is 33.0. The van der Waals surface area contributed by atoms with E-state index in [4.69, 9.17) is 35.4 Å². The number of thiocarbonyl (C=S) groups is 1. The van der Waals surface area contributed by atoms with Crippen molar-refractivity contribution in [2.24, 2.45) is 23.2 Å². The van der Waals surface area contributed by atoms with Crippen LogP contribution in [0.25, 0.3) is 0 Å². The number of hydrogen-bond acceptors (Lipinski definition) is 2. The van der Waals surface area contributed by atoms with Crippen LogP contribution in [0, 0.1) is 23.2 Å². The molecule has 0 radical (unpaired) electrons. The predicted octanol–water partition coefficient (Wildman–Crippen LogP) is 5.20. The smallest absolute Gasteiger partial charge is 0.258 e. The first-order valence-electron chi connectivity index (χ1n) is 9.41. The van der Waals surface area contributed by atoms with E-state index in [2.05, 4.69) is 17.6 Å². The number of rotatable bonds is 3. The highest BCUT2D eigenvalue weighted by molar-refractivity contribution is 7.80. The lowest BCUT2D eigenvalue weighted by molar-refractivity contribution is -0.0672. The minimum atomic E-state index is -0.304. The van der Waals surface area contributed by atoms with Gasteiger partial charge in [0, 0.05) is 11.1 Å². The molecular formula is C20H24Cl2N2OS. The van der Waals surface area contributed by atoms with E-state index in [0.717, 1.165) is 17.8 Å². The summed E-state index contributed by atoms with van der Waals surface area (Å²) < 4.78 is 0. The molecule has 1 aromatic carbocycles. The molecule has 0 aromatic heterocycles. The summed E-state index contributed by atoms with van der Waals surface area (Å²) >= 11 is 17.4. The van der Waals surface area contributed by atoms with E-state index < -0.39 is 0 Å². The van der Waals surface area contributed by atoms with Crippen molar-refractivity contribution < 1.29 is 4.79 Å². The van der Waals surface area contributed by atoms with E-state index in [1.807, 2.05) is 0 Å². The molecule has 2 N–H and O–H groups in total. The number of halogens is 2. The Morgan fingerprint density at radius 1 is 1.15 bits per heavy atom. The van der Waals surface area contributed by atoms with Crippen LogP contribution in [0.15, 0.2) is 18.2 Å². The molecule has 1 atom stereocenters. The first kappa shape index (κ1) is 18.5. The molecule has 4 fully saturated rings. The van der Waals surface area contributed by atoms with E-state index in [1.165, 1.54) is 38.5 Å². The zero-order valence-electron chi connectivity index (χ0n) is 14.9. The van der Waals surface area contributed by atoms with Crippen molar-refractivity contribution in [2.45, 2.75) is 51.5 Å². The molecule has 5 rings (SSSR count). The third-order valence-corrected chi connectivity index (χ3v) is 7.52. The number of amides is 1. The highest BCUT2D eigenvalue weighted by atomic mass is 35.5. The SMILES string of the molecule is CC(NC(=S)NC(=O)c1ccc(Cl)cc1Cl)C12CC3CC(CC(C3)C1)C2. The topological polar surface area (TPSA) is 41.1 Å². The van der Waals surface area contributed by atoms with Gasteiger partial charge < -0.3 is 5.32 Å². The van der Waals surface area contributed by atoms with Crippen LogP contribution in [0.4, 0.5) is 0 Å². The largest absolute Gasteiger partial charge is 0.359 e. The number of carbonyl (C=O) groups excluding carboxylic acids is 1. The second-order valence-corrected chi connectivity index (χ2v) is 9.81. The number of hydrogen-bond donors (Lipinski definition) is 2. The first-order chi connectivity index (χ1) is 12.3. The summed E-state index contributed by atoms with van der Waals surface area (Å²) in [5.74, 6) is 2.37. The Kier molecular flexibility index (Phi) is 4.96. The van der Waals surface area contributed by atoms with Crippen LogP contribution in [-0.4, -0.2) is 17.1 Å². The van der Waals surface area contributed by atoms with Gasteiger partial charge in [-0.25, -0.2) is 0 Å². The summed E-state index contributed by atoms with van der Waals surface area (Å²) in [5, 5.41) is 7.38. The summed E-state index contributed by atoms with van der Waals surface area (Å²) in [7, 11) is 0. The van der Waals surface area contributed by atoms with Gasteiger partial charge in [0.25, 0.3) is 5.91 Å². The van der Waals surface area contributed by atoms with Crippen LogP contribution >= 0.6 is 35.4 Å². The Morgan fingerprint density at radius 2 is 1.73 bits per heavy atom. The van der Waals surface area contributed by atoms with Gasteiger partial charge in [-0.05, 0) is 99.0 Å². The van der Waals surface area contributed by atoms with Crippen molar-refractivity contribution in [3.8, 4) is 0 Å². The van der Waals surface area contributed by atoms with E-state index in [0.29, 0.717) is 26.1 Å². The van der Waals surface area contributed by atoms with Crippen LogP contribution in [0.1, 0.15) is 55.8 Å². The van der Waals surface area contributed by atoms with Gasteiger partial charge in [0.15, 0.2) is 5.11 Å². The van der Waals surface area contributed by atoms with Crippen molar-refractivity contribution in [1.29, 1.82) is 0 Å². The maximum atomic E-state index is 12.5. The highest BCUT2D eigenvalue weighted by Crippen LogP contribution is 2.61. The number of nitrogens with one attached hydrogen (secondary N) is 2. The van der Waals surface area contributed by atoms with Gasteiger partial charge in [-0.3, -0.25) is 10.1 Å². The first-order valence-corrected chi connectivity index (χ1v) is 10.6. The Bertz CT molecular complexity index is 716. The summed E-state index contributed by atoms with van der Waals surface area (Å²) in [6, 6.07) is 5.10. The summed E-state index contributed by atoms with van der Waals surface area (Å²) in [6.07, 6.45) is 8.15. The fourth-order valence-electron chi connectivity index (χ4n) is 5.94. The third-order valence-electron chi connectivity index (χ3n) is 6.75. The van der Waals surface area contributed by atoms with Gasteiger partial charge in [-0.15, -0.1) is 0 Å². The van der Waals surface area contributed by atoms with Crippen LogP contribution < -0.4 is 10.6 Å². The molecule has 3 nitrogen and oxygen atoms in total. The molecule has 140 valence electrons. The maximum absolute atomic E-state index is 12.5. The molecule has 4 saturated carbocycles. The average Bonchev–Trinajstić information content (AvgIpc) is 2.53. The standard InChI is InChI=1S/C20H24Cl2N2OS/c1-11(20-8-12-4-13(9-20)6-14(5-12)10-20)23-19(26)24-18(25)16-3-2-15(21)7-17(16)22/h2-3,7,11-14H,4-6,8-10H2,1H3,(H2,23,24,25,26). The Balaban J connectivity index is 1.39. The van der Waals surface area contributed by atoms with Gasteiger partial charge in [-0.1, -0.05) is 23.2 Å². The Hall–Kier alpha value is -0.840. The van der Waals surface area contributed by atoms with Crippen LogP contribution in [0.2, 0.25) is 10.0 Å². The summed E-state index contributed by atoms with van der Waals surface area (Å²) in [5.41, 5.74) is 0.712. The third kappa shape index (κ3) is 3.48. The van der Waals surface area contributed by atoms with Crippen molar-refractivity contribution in [3.05, 3.63) is 33.8 Å². The lowest BCUT2D eigenvalue weighted by Crippen LogP contribution is -2.57. The second-order valence-electron chi connectivity index (χ2n) is 8.55. The molecule has 4 bridgehead atoms. The lowest BCUT2D eigenvalue weighted by Gasteiger charge is -2.59. The minimum Gasteiger partial charge on any atom is -0.359 e. The zero-order chi connectivity index (χ0) is 18.5. The molecule has 26 heavy (non-hydrogen) atoms. The van der Waals surface area contributed by atoms with Gasteiger partial charge in [-0.2, -0.15) is 0 Å². The van der Waals surface area contributed by atoms with Gasteiger partial charge in [0.1, 0.15) is 0 Å². The van der Waals surface area contributed by atoms with Crippen molar-refractivity contribution in [3.63, 3.8) is 0 Å². The summed E-state index contributed by atoms with van der Waals surface area (Å²) in [6.45, 7) is 2.22. The molecule has 6 heteroatoms. The second kappa shape index (κ2) is 6.96. The monoisotopic (exact) mass is 410 g/mol. The van der Waals surface area contributed by atoms with E-state index >= 15 is 0 Å². The molecule has 0 saturated heterocycles. The van der Waals surface area contributed by atoms with Crippen LogP contribution in [0.3, 0.4) is 0 Å². The van der Waals surface area contributed by atoms with E-state index in [-0.39, 0.29) is 11.9 Å². The molecule has 0 spiro atoms. The predicted molar refractivity (Wildman–Crippen MR) is 110 cm³/mol. The van der Waals surface area contributed by atoms with Crippen LogP contribution in [-0.2, 0) is 0 Å².